The molecule has 23 heavy (non-hydrogen) atoms. The van der Waals surface area contributed by atoms with Crippen molar-refractivity contribution in [3.8, 4) is 0 Å². The van der Waals surface area contributed by atoms with Crippen molar-refractivity contribution in [3.63, 3.8) is 0 Å². The van der Waals surface area contributed by atoms with Crippen molar-refractivity contribution >= 4 is 17.2 Å². The molecule has 1 N–H and O–H groups in total. The Bertz CT molecular complexity index is 747. The van der Waals surface area contributed by atoms with Crippen LogP contribution in [0.5, 0.6) is 0 Å². The van der Waals surface area contributed by atoms with Crippen molar-refractivity contribution in [1.29, 1.82) is 0 Å². The Balaban J connectivity index is 1.73. The first-order valence-electron chi connectivity index (χ1n) is 7.82. The lowest BCUT2D eigenvalue weighted by atomic mass is 9.89. The molecule has 2 saturated heterocycles. The van der Waals surface area contributed by atoms with E-state index in [9.17, 15) is 9.18 Å². The number of halogens is 1. The molecule has 0 spiro atoms. The maximum atomic E-state index is 13.7. The number of fused-ring (bicyclic) bond motifs is 1. The fraction of sp³-hybridized carbons (Fsp3) is 0.412. The summed E-state index contributed by atoms with van der Waals surface area (Å²) in [7, 11) is 0. The number of rotatable bonds is 2. The monoisotopic (exact) mass is 331 g/mol. The van der Waals surface area contributed by atoms with Crippen molar-refractivity contribution < 1.29 is 9.18 Å². The number of carbonyl (C=O) groups is 1. The summed E-state index contributed by atoms with van der Waals surface area (Å²) in [6, 6.07) is 6.59. The molecule has 3 heterocycles. The summed E-state index contributed by atoms with van der Waals surface area (Å²) in [6.45, 7) is 4.37. The van der Waals surface area contributed by atoms with E-state index < -0.39 is 0 Å². The Morgan fingerprint density at radius 3 is 3.04 bits per heavy atom. The Kier molecular flexibility index (Phi) is 3.66. The zero-order valence-electron chi connectivity index (χ0n) is 12.8. The van der Waals surface area contributed by atoms with Crippen LogP contribution in [0.4, 0.5) is 4.39 Å². The smallest absolute Gasteiger partial charge is 0.266 e. The molecule has 3 atom stereocenters. The third-order valence-corrected chi connectivity index (χ3v) is 5.87. The number of amides is 1. The lowest BCUT2D eigenvalue weighted by molar-refractivity contribution is 0.0717. The second kappa shape index (κ2) is 5.69. The van der Waals surface area contributed by atoms with Gasteiger partial charge in [-0.2, -0.15) is 0 Å². The van der Waals surface area contributed by atoms with E-state index in [1.54, 1.807) is 17.6 Å². The molecular weight excluding hydrogens is 313 g/mol. The number of aryl methyl sites for hydroxylation is 1. The molecule has 4 rings (SSSR count). The molecular formula is C17H18FN3OS. The third kappa shape index (κ3) is 2.46. The molecule has 6 heteroatoms. The topological polar surface area (TPSA) is 45.2 Å². The molecule has 1 amide bonds. The van der Waals surface area contributed by atoms with Gasteiger partial charge in [0.05, 0.1) is 17.2 Å². The Hall–Kier alpha value is -1.79. The Morgan fingerprint density at radius 2 is 2.30 bits per heavy atom. The van der Waals surface area contributed by atoms with Gasteiger partial charge in [0.2, 0.25) is 0 Å². The normalized spacial score (nSPS) is 26.5. The lowest BCUT2D eigenvalue weighted by Gasteiger charge is -2.28. The number of nitrogens with zero attached hydrogens (tertiary/aromatic N) is 2. The average Bonchev–Trinajstić information content (AvgIpc) is 3.21. The van der Waals surface area contributed by atoms with Crippen LogP contribution in [-0.2, 0) is 0 Å². The Morgan fingerprint density at radius 1 is 1.43 bits per heavy atom. The first-order valence-corrected chi connectivity index (χ1v) is 8.70. The third-order valence-electron chi connectivity index (χ3n) is 4.96. The number of hydrogen-bond acceptors (Lipinski definition) is 4. The summed E-state index contributed by atoms with van der Waals surface area (Å²) in [6.07, 6.45) is 0. The number of likely N-dealkylation sites (tertiary alicyclic amines) is 1. The highest BCUT2D eigenvalue weighted by atomic mass is 32.1. The number of thiazole rings is 1. The predicted molar refractivity (Wildman–Crippen MR) is 86.9 cm³/mol. The minimum absolute atomic E-state index is 0.0219. The summed E-state index contributed by atoms with van der Waals surface area (Å²) in [4.78, 5) is 19.8. The maximum absolute atomic E-state index is 13.7. The second-order valence-electron chi connectivity index (χ2n) is 6.31. The van der Waals surface area contributed by atoms with Gasteiger partial charge < -0.3 is 10.2 Å². The zero-order valence-corrected chi connectivity index (χ0v) is 13.6. The number of hydrogen-bond donors (Lipinski definition) is 1. The van der Waals surface area contributed by atoms with Gasteiger partial charge in [-0.05, 0) is 30.5 Å². The van der Waals surface area contributed by atoms with Crippen LogP contribution in [0.1, 0.15) is 27.0 Å². The molecule has 2 aromatic rings. The fourth-order valence-corrected chi connectivity index (χ4v) is 4.64. The first kappa shape index (κ1) is 14.8. The highest BCUT2D eigenvalue weighted by Crippen LogP contribution is 2.43. The summed E-state index contributed by atoms with van der Waals surface area (Å²) in [5.74, 6) is 0.543. The van der Waals surface area contributed by atoms with Crippen LogP contribution < -0.4 is 5.32 Å². The van der Waals surface area contributed by atoms with E-state index in [2.05, 4.69) is 10.3 Å². The van der Waals surface area contributed by atoms with Crippen LogP contribution in [0.25, 0.3) is 0 Å². The molecule has 1 aromatic carbocycles. The van der Waals surface area contributed by atoms with Crippen molar-refractivity contribution in [2.24, 2.45) is 11.8 Å². The predicted octanol–water partition coefficient (Wildman–Crippen LogP) is 2.62. The van der Waals surface area contributed by atoms with Crippen molar-refractivity contribution in [2.75, 3.05) is 19.6 Å². The molecule has 1 aromatic heterocycles. The van der Waals surface area contributed by atoms with Crippen molar-refractivity contribution in [3.05, 3.63) is 51.7 Å². The molecule has 0 saturated carbocycles. The SMILES string of the molecule is Cc1ncsc1C(=O)N1C[C@@H]2CNC[C@@H]2[C@H]1c1cccc(F)c1. The van der Waals surface area contributed by atoms with Crippen molar-refractivity contribution in [2.45, 2.75) is 13.0 Å². The van der Waals surface area contributed by atoms with Gasteiger partial charge in [0, 0.05) is 25.6 Å². The fourth-order valence-electron chi connectivity index (χ4n) is 3.88. The highest BCUT2D eigenvalue weighted by Gasteiger charge is 2.47. The Labute approximate surface area is 138 Å². The molecule has 2 fully saturated rings. The minimum Gasteiger partial charge on any atom is -0.330 e. The van der Waals surface area contributed by atoms with Gasteiger partial charge in [-0.3, -0.25) is 4.79 Å². The van der Waals surface area contributed by atoms with Crippen LogP contribution in [0.2, 0.25) is 0 Å². The highest BCUT2D eigenvalue weighted by molar-refractivity contribution is 7.11. The van der Waals surface area contributed by atoms with Gasteiger partial charge in [0.15, 0.2) is 0 Å². The lowest BCUT2D eigenvalue weighted by Crippen LogP contribution is -2.34. The number of nitrogens with one attached hydrogen (secondary N) is 1. The van der Waals surface area contributed by atoms with Gasteiger partial charge in [-0.25, -0.2) is 9.37 Å². The van der Waals surface area contributed by atoms with Gasteiger partial charge >= 0.3 is 0 Å². The summed E-state index contributed by atoms with van der Waals surface area (Å²) in [5, 5.41) is 3.40. The van der Waals surface area contributed by atoms with E-state index in [4.69, 9.17) is 0 Å². The van der Waals surface area contributed by atoms with E-state index in [1.807, 2.05) is 17.9 Å². The van der Waals surface area contributed by atoms with Gasteiger partial charge in [-0.15, -0.1) is 11.3 Å². The molecule has 0 aliphatic carbocycles. The average molecular weight is 331 g/mol. The molecule has 2 aliphatic rings. The van der Waals surface area contributed by atoms with E-state index in [1.165, 1.54) is 17.4 Å². The van der Waals surface area contributed by atoms with Gasteiger partial charge in [0.1, 0.15) is 10.7 Å². The van der Waals surface area contributed by atoms with Gasteiger partial charge in [-0.1, -0.05) is 12.1 Å². The van der Waals surface area contributed by atoms with Crippen LogP contribution in [0.15, 0.2) is 29.8 Å². The number of aromatic nitrogens is 1. The van der Waals surface area contributed by atoms with E-state index in [0.29, 0.717) is 16.7 Å². The van der Waals surface area contributed by atoms with E-state index in [-0.39, 0.29) is 17.8 Å². The van der Waals surface area contributed by atoms with Crippen molar-refractivity contribution in [1.82, 2.24) is 15.2 Å². The first-order chi connectivity index (χ1) is 11.1. The molecule has 4 nitrogen and oxygen atoms in total. The standard InChI is InChI=1S/C17H18FN3OS/c1-10-16(23-9-20-10)17(22)21-8-12-6-19-7-14(12)15(21)11-3-2-4-13(18)5-11/h2-5,9,12,14-15,19H,6-8H2,1H3/t12-,14-,15+/m0/s1. The molecule has 0 bridgehead atoms. The molecule has 0 unspecified atom stereocenters. The van der Waals surface area contributed by atoms with E-state index in [0.717, 1.165) is 30.9 Å². The largest absolute Gasteiger partial charge is 0.330 e. The second-order valence-corrected chi connectivity index (χ2v) is 7.16. The van der Waals surface area contributed by atoms with Crippen LogP contribution in [0.3, 0.4) is 0 Å². The summed E-state index contributed by atoms with van der Waals surface area (Å²) >= 11 is 1.38. The summed E-state index contributed by atoms with van der Waals surface area (Å²) in [5.41, 5.74) is 3.36. The quantitative estimate of drug-likeness (QED) is 0.920. The van der Waals surface area contributed by atoms with Crippen LogP contribution in [-0.4, -0.2) is 35.4 Å². The van der Waals surface area contributed by atoms with Crippen LogP contribution in [0, 0.1) is 24.6 Å². The number of carbonyl (C=O) groups excluding carboxylic acids is 1. The summed E-state index contributed by atoms with van der Waals surface area (Å²) < 4.78 is 13.7. The molecule has 0 radical (unpaired) electrons. The molecule has 2 aliphatic heterocycles. The minimum atomic E-state index is -0.252. The van der Waals surface area contributed by atoms with Crippen LogP contribution >= 0.6 is 11.3 Å². The van der Waals surface area contributed by atoms with Gasteiger partial charge in [0.25, 0.3) is 5.91 Å². The zero-order chi connectivity index (χ0) is 16.0. The maximum Gasteiger partial charge on any atom is 0.266 e. The van der Waals surface area contributed by atoms with E-state index >= 15 is 0 Å². The molecule has 120 valence electrons. The number of benzene rings is 1.